The molecule has 0 aliphatic heterocycles. The maximum Gasteiger partial charge on any atom is 0.120 e. The van der Waals surface area contributed by atoms with Gasteiger partial charge < -0.3 is 14.8 Å². The van der Waals surface area contributed by atoms with Crippen molar-refractivity contribution >= 4 is 0 Å². The van der Waals surface area contributed by atoms with Gasteiger partial charge >= 0.3 is 0 Å². The summed E-state index contributed by atoms with van der Waals surface area (Å²) in [4.78, 5) is 0. The topological polar surface area (TPSA) is 30.5 Å². The highest BCUT2D eigenvalue weighted by Crippen LogP contribution is 2.18. The molecular weight excluding hydrogens is 238 g/mol. The lowest BCUT2D eigenvalue weighted by Crippen LogP contribution is -2.35. The normalized spacial score (nSPS) is 17.6. The van der Waals surface area contributed by atoms with E-state index in [9.17, 15) is 0 Å². The quantitative estimate of drug-likeness (QED) is 0.820. The van der Waals surface area contributed by atoms with Crippen LogP contribution >= 0.6 is 0 Å². The molecule has 1 atom stereocenters. The standard InChI is InChI=1S/C16H25NO2/c1-13(11-17-15-7-3-4-8-15)19-16-9-5-6-14(10-16)12-18-2/h5-6,9-10,13,15,17H,3-4,7-8,11-12H2,1-2H3. The largest absolute Gasteiger partial charge is 0.489 e. The van der Waals surface area contributed by atoms with E-state index in [1.807, 2.05) is 12.1 Å². The summed E-state index contributed by atoms with van der Waals surface area (Å²) in [6.07, 6.45) is 5.56. The molecule has 19 heavy (non-hydrogen) atoms. The number of rotatable bonds is 7. The molecule has 1 aromatic carbocycles. The molecule has 1 unspecified atom stereocenters. The van der Waals surface area contributed by atoms with Crippen LogP contribution in [0.4, 0.5) is 0 Å². The van der Waals surface area contributed by atoms with E-state index in [1.54, 1.807) is 7.11 Å². The molecule has 3 heteroatoms. The van der Waals surface area contributed by atoms with E-state index < -0.39 is 0 Å². The number of nitrogens with one attached hydrogen (secondary N) is 1. The van der Waals surface area contributed by atoms with Gasteiger partial charge in [0.05, 0.1) is 6.61 Å². The van der Waals surface area contributed by atoms with Gasteiger partial charge in [-0.15, -0.1) is 0 Å². The average Bonchev–Trinajstić information content (AvgIpc) is 2.90. The highest BCUT2D eigenvalue weighted by atomic mass is 16.5. The van der Waals surface area contributed by atoms with E-state index in [-0.39, 0.29) is 6.10 Å². The molecule has 0 heterocycles. The zero-order chi connectivity index (χ0) is 13.5. The fourth-order valence-electron chi connectivity index (χ4n) is 2.61. The van der Waals surface area contributed by atoms with E-state index in [1.165, 1.54) is 25.7 Å². The molecule has 0 radical (unpaired) electrons. The molecule has 0 aromatic heterocycles. The van der Waals surface area contributed by atoms with Crippen LogP contribution in [0.5, 0.6) is 5.75 Å². The van der Waals surface area contributed by atoms with Crippen molar-refractivity contribution in [3.05, 3.63) is 29.8 Å². The fourth-order valence-corrected chi connectivity index (χ4v) is 2.61. The maximum atomic E-state index is 5.94. The molecule has 1 fully saturated rings. The molecule has 1 saturated carbocycles. The molecule has 3 nitrogen and oxygen atoms in total. The van der Waals surface area contributed by atoms with Crippen molar-refractivity contribution in [2.75, 3.05) is 13.7 Å². The molecule has 106 valence electrons. The second-order valence-electron chi connectivity index (χ2n) is 5.40. The Hall–Kier alpha value is -1.06. The van der Waals surface area contributed by atoms with Crippen LogP contribution in [0, 0.1) is 0 Å². The van der Waals surface area contributed by atoms with Gasteiger partial charge in [-0.05, 0) is 37.5 Å². The van der Waals surface area contributed by atoms with E-state index in [4.69, 9.17) is 9.47 Å². The van der Waals surface area contributed by atoms with Crippen molar-refractivity contribution in [1.29, 1.82) is 0 Å². The average molecular weight is 263 g/mol. The maximum absolute atomic E-state index is 5.94. The highest BCUT2D eigenvalue weighted by Gasteiger charge is 2.15. The molecule has 0 spiro atoms. The SMILES string of the molecule is COCc1cccc(OC(C)CNC2CCCC2)c1. The number of ether oxygens (including phenoxy) is 2. The van der Waals surface area contributed by atoms with Gasteiger partial charge in [0.1, 0.15) is 11.9 Å². The zero-order valence-corrected chi connectivity index (χ0v) is 12.0. The summed E-state index contributed by atoms with van der Waals surface area (Å²) in [5.74, 6) is 0.926. The third-order valence-corrected chi connectivity index (χ3v) is 3.60. The lowest BCUT2D eigenvalue weighted by Gasteiger charge is -2.19. The van der Waals surface area contributed by atoms with Crippen molar-refractivity contribution in [3.8, 4) is 5.75 Å². The Balaban J connectivity index is 1.77. The lowest BCUT2D eigenvalue weighted by atomic mass is 10.2. The predicted molar refractivity (Wildman–Crippen MR) is 77.5 cm³/mol. The van der Waals surface area contributed by atoms with Crippen LogP contribution in [0.2, 0.25) is 0 Å². The zero-order valence-electron chi connectivity index (χ0n) is 12.0. The Kier molecular flexibility index (Phi) is 5.67. The first kappa shape index (κ1) is 14.4. The van der Waals surface area contributed by atoms with Gasteiger partial charge in [0.2, 0.25) is 0 Å². The van der Waals surface area contributed by atoms with Crippen LogP contribution in [0.15, 0.2) is 24.3 Å². The van der Waals surface area contributed by atoms with Crippen molar-refractivity contribution in [3.63, 3.8) is 0 Å². The third kappa shape index (κ3) is 4.84. The Morgan fingerprint density at radius 3 is 2.84 bits per heavy atom. The minimum absolute atomic E-state index is 0.193. The van der Waals surface area contributed by atoms with Gasteiger partial charge in [-0.2, -0.15) is 0 Å². The van der Waals surface area contributed by atoms with E-state index in [0.29, 0.717) is 12.6 Å². The molecule has 1 aliphatic carbocycles. The van der Waals surface area contributed by atoms with E-state index in [2.05, 4.69) is 24.4 Å². The molecule has 1 aromatic rings. The molecular formula is C16H25NO2. The van der Waals surface area contributed by atoms with E-state index in [0.717, 1.165) is 17.9 Å². The van der Waals surface area contributed by atoms with Gasteiger partial charge in [-0.25, -0.2) is 0 Å². The second-order valence-corrected chi connectivity index (χ2v) is 5.40. The summed E-state index contributed by atoms with van der Waals surface area (Å²) in [6.45, 7) is 3.66. The third-order valence-electron chi connectivity index (χ3n) is 3.60. The molecule has 0 bridgehead atoms. The van der Waals surface area contributed by atoms with Gasteiger partial charge in [-0.3, -0.25) is 0 Å². The van der Waals surface area contributed by atoms with Gasteiger partial charge in [0.25, 0.3) is 0 Å². The summed E-state index contributed by atoms with van der Waals surface area (Å²) in [5, 5.41) is 3.59. The molecule has 1 aliphatic rings. The van der Waals surface area contributed by atoms with Gasteiger partial charge in [0.15, 0.2) is 0 Å². The van der Waals surface area contributed by atoms with Crippen molar-refractivity contribution in [1.82, 2.24) is 5.32 Å². The Morgan fingerprint density at radius 1 is 1.32 bits per heavy atom. The predicted octanol–water partition coefficient (Wildman–Crippen LogP) is 3.13. The number of hydrogen-bond donors (Lipinski definition) is 1. The minimum Gasteiger partial charge on any atom is -0.489 e. The van der Waals surface area contributed by atoms with Crippen molar-refractivity contribution < 1.29 is 9.47 Å². The van der Waals surface area contributed by atoms with Gasteiger partial charge in [0, 0.05) is 19.7 Å². The first-order valence-electron chi connectivity index (χ1n) is 7.26. The first-order valence-corrected chi connectivity index (χ1v) is 7.26. The Morgan fingerprint density at radius 2 is 2.11 bits per heavy atom. The smallest absolute Gasteiger partial charge is 0.120 e. The second kappa shape index (κ2) is 7.51. The summed E-state index contributed by atoms with van der Waals surface area (Å²) >= 11 is 0. The summed E-state index contributed by atoms with van der Waals surface area (Å²) < 4.78 is 11.1. The first-order chi connectivity index (χ1) is 9.28. The van der Waals surface area contributed by atoms with Crippen LogP contribution in [-0.2, 0) is 11.3 Å². The highest BCUT2D eigenvalue weighted by molar-refractivity contribution is 5.28. The van der Waals surface area contributed by atoms with Gasteiger partial charge in [-0.1, -0.05) is 25.0 Å². The molecule has 2 rings (SSSR count). The number of benzene rings is 1. The van der Waals surface area contributed by atoms with Crippen molar-refractivity contribution in [2.24, 2.45) is 0 Å². The van der Waals surface area contributed by atoms with Crippen LogP contribution < -0.4 is 10.1 Å². The minimum atomic E-state index is 0.193. The summed E-state index contributed by atoms with van der Waals surface area (Å²) in [5.41, 5.74) is 1.15. The van der Waals surface area contributed by atoms with Crippen LogP contribution in [0.25, 0.3) is 0 Å². The van der Waals surface area contributed by atoms with Crippen LogP contribution in [0.3, 0.4) is 0 Å². The molecule has 1 N–H and O–H groups in total. The van der Waals surface area contributed by atoms with E-state index >= 15 is 0 Å². The summed E-state index contributed by atoms with van der Waals surface area (Å²) in [6, 6.07) is 8.82. The van der Waals surface area contributed by atoms with Crippen LogP contribution in [-0.4, -0.2) is 25.8 Å². The molecule has 0 amide bonds. The van der Waals surface area contributed by atoms with Crippen LogP contribution in [0.1, 0.15) is 38.2 Å². The molecule has 0 saturated heterocycles. The monoisotopic (exact) mass is 263 g/mol. The Labute approximate surface area is 116 Å². The number of hydrogen-bond acceptors (Lipinski definition) is 3. The fraction of sp³-hybridized carbons (Fsp3) is 0.625. The van der Waals surface area contributed by atoms with Crippen molar-refractivity contribution in [2.45, 2.75) is 51.4 Å². The number of methoxy groups -OCH3 is 1. The Bertz CT molecular complexity index is 375. The summed E-state index contributed by atoms with van der Waals surface area (Å²) in [7, 11) is 1.71. The lowest BCUT2D eigenvalue weighted by molar-refractivity contribution is 0.183.